The normalized spacial score (nSPS) is 16.5. The number of pyridine rings is 1. The maximum atomic E-state index is 13.7. The molecule has 1 amide bonds. The monoisotopic (exact) mass is 474 g/mol. The predicted octanol–water partition coefficient (Wildman–Crippen LogP) is 3.37. The molecule has 4 rings (SSSR count). The van der Waals surface area contributed by atoms with Crippen molar-refractivity contribution in [2.45, 2.75) is 19.9 Å². The molecule has 1 aromatic heterocycles. The molecule has 0 spiro atoms. The Labute approximate surface area is 202 Å². The van der Waals surface area contributed by atoms with E-state index in [1.54, 1.807) is 62.5 Å². The molecule has 2 heterocycles. The van der Waals surface area contributed by atoms with Crippen LogP contribution in [0, 0.1) is 0 Å². The van der Waals surface area contributed by atoms with Crippen LogP contribution in [0.3, 0.4) is 0 Å². The van der Waals surface area contributed by atoms with Crippen molar-refractivity contribution in [1.82, 2.24) is 15.0 Å². The third kappa shape index (κ3) is 4.71. The molecule has 1 aliphatic rings. The molecule has 0 radical (unpaired) electrons. The highest BCUT2D eigenvalue weighted by molar-refractivity contribution is 6.07. The van der Waals surface area contributed by atoms with Gasteiger partial charge in [-0.3, -0.25) is 19.6 Å². The molecule has 1 atom stereocenters. The topological polar surface area (TPSA) is 112 Å². The van der Waals surface area contributed by atoms with Crippen LogP contribution in [0.2, 0.25) is 0 Å². The molecule has 35 heavy (non-hydrogen) atoms. The van der Waals surface area contributed by atoms with Crippen molar-refractivity contribution in [3.8, 4) is 0 Å². The van der Waals surface area contributed by atoms with E-state index in [-0.39, 0.29) is 31.0 Å². The van der Waals surface area contributed by atoms with Crippen LogP contribution in [0.5, 0.6) is 0 Å². The number of ether oxygens (including phenoxy) is 1. The summed E-state index contributed by atoms with van der Waals surface area (Å²) >= 11 is 0. The molecule has 9 nitrogen and oxygen atoms in total. The van der Waals surface area contributed by atoms with Gasteiger partial charge in [-0.1, -0.05) is 36.4 Å². The number of likely N-dealkylation sites (N-methyl/N-ethyl adjacent to an activating group) is 1. The van der Waals surface area contributed by atoms with E-state index in [0.29, 0.717) is 16.8 Å². The second kappa shape index (κ2) is 10.4. The number of hydrazine groups is 1. The number of hydrogen-bond acceptors (Lipinski definition) is 7. The summed E-state index contributed by atoms with van der Waals surface area (Å²) in [6, 6.07) is 17.0. The van der Waals surface area contributed by atoms with Crippen molar-refractivity contribution in [1.29, 1.82) is 0 Å². The summed E-state index contributed by atoms with van der Waals surface area (Å²) in [7, 11) is 0. The molecule has 0 saturated carbocycles. The van der Waals surface area contributed by atoms with Gasteiger partial charge in [0.1, 0.15) is 12.2 Å². The van der Waals surface area contributed by atoms with E-state index in [4.69, 9.17) is 4.74 Å². The van der Waals surface area contributed by atoms with Gasteiger partial charge in [0.2, 0.25) is 0 Å². The van der Waals surface area contributed by atoms with Gasteiger partial charge in [-0.25, -0.2) is 4.79 Å². The van der Waals surface area contributed by atoms with E-state index < -0.39 is 23.9 Å². The molecule has 1 aliphatic heterocycles. The summed E-state index contributed by atoms with van der Waals surface area (Å²) in [5.41, 5.74) is 1.66. The van der Waals surface area contributed by atoms with Crippen molar-refractivity contribution in [2.24, 2.45) is 0 Å². The Bertz CT molecular complexity index is 1290. The van der Waals surface area contributed by atoms with Crippen LogP contribution in [0.25, 0.3) is 10.9 Å². The Hall–Kier alpha value is -4.24. The first kappa shape index (κ1) is 23.9. The number of fused-ring (bicyclic) bond motifs is 1. The van der Waals surface area contributed by atoms with E-state index >= 15 is 0 Å². The van der Waals surface area contributed by atoms with Crippen LogP contribution < -0.4 is 5.32 Å². The minimum Gasteiger partial charge on any atom is -0.478 e. The number of amides is 1. The number of carboxylic acids is 1. The first-order valence-corrected chi connectivity index (χ1v) is 11.3. The van der Waals surface area contributed by atoms with Gasteiger partial charge >= 0.3 is 11.9 Å². The molecule has 0 saturated heterocycles. The Balaban J connectivity index is 1.91. The van der Waals surface area contributed by atoms with E-state index in [1.807, 2.05) is 18.2 Å². The lowest BCUT2D eigenvalue weighted by molar-refractivity contribution is -0.164. The number of carboxylic acid groups (broad SMARTS) is 1. The maximum Gasteiger partial charge on any atom is 0.335 e. The number of carbonyl (C=O) groups excluding carboxylic acids is 2. The van der Waals surface area contributed by atoms with E-state index in [2.05, 4.69) is 10.3 Å². The van der Waals surface area contributed by atoms with Crippen molar-refractivity contribution >= 4 is 34.4 Å². The third-order valence-corrected chi connectivity index (χ3v) is 5.75. The quantitative estimate of drug-likeness (QED) is 0.478. The Morgan fingerprint density at radius 2 is 1.83 bits per heavy atom. The number of carbonyl (C=O) groups is 3. The molecule has 9 heteroatoms. The lowest BCUT2D eigenvalue weighted by Gasteiger charge is -2.44. The van der Waals surface area contributed by atoms with Crippen molar-refractivity contribution < 1.29 is 24.2 Å². The highest BCUT2D eigenvalue weighted by Gasteiger charge is 2.44. The van der Waals surface area contributed by atoms with Crippen molar-refractivity contribution in [3.05, 3.63) is 83.7 Å². The number of aromatic nitrogens is 1. The molecule has 1 unspecified atom stereocenters. The van der Waals surface area contributed by atoms with Crippen LogP contribution in [0.4, 0.5) is 5.69 Å². The SMILES string of the molecule is CCOC(=O)CN1C(c2ccccc2)C(C(=O)O)=C(Nc2cccc3ncccc23)C(=O)N1CC. The van der Waals surface area contributed by atoms with Crippen LogP contribution >= 0.6 is 0 Å². The molecule has 0 aliphatic carbocycles. The summed E-state index contributed by atoms with van der Waals surface area (Å²) < 4.78 is 5.12. The zero-order valence-corrected chi connectivity index (χ0v) is 19.5. The van der Waals surface area contributed by atoms with Crippen molar-refractivity contribution in [2.75, 3.05) is 25.0 Å². The standard InChI is InChI=1S/C26H26N4O5/c1-3-29-25(32)23(28-20-14-8-13-19-18(20)12-9-15-27-19)22(26(33)34)24(17-10-6-5-7-11-17)30(29)16-21(31)35-4-2/h5-15,24,28H,3-4,16H2,1-2H3,(H,33,34). The number of nitrogens with zero attached hydrogens (tertiary/aromatic N) is 3. The fourth-order valence-electron chi connectivity index (χ4n) is 4.29. The number of nitrogens with one attached hydrogen (secondary N) is 1. The van der Waals surface area contributed by atoms with Crippen molar-refractivity contribution in [3.63, 3.8) is 0 Å². The van der Waals surface area contributed by atoms with Crippen LogP contribution in [0.15, 0.2) is 78.1 Å². The average molecular weight is 475 g/mol. The maximum absolute atomic E-state index is 13.7. The van der Waals surface area contributed by atoms with Gasteiger partial charge < -0.3 is 15.2 Å². The van der Waals surface area contributed by atoms with Crippen LogP contribution in [-0.2, 0) is 19.1 Å². The van der Waals surface area contributed by atoms with Gasteiger partial charge in [-0.05, 0) is 43.7 Å². The van der Waals surface area contributed by atoms with Crippen LogP contribution in [0.1, 0.15) is 25.5 Å². The Morgan fingerprint density at radius 1 is 1.06 bits per heavy atom. The molecule has 0 bridgehead atoms. The number of esters is 1. The fourth-order valence-corrected chi connectivity index (χ4v) is 4.29. The zero-order chi connectivity index (χ0) is 24.9. The van der Waals surface area contributed by atoms with E-state index in [0.717, 1.165) is 5.39 Å². The minimum absolute atomic E-state index is 0.0651. The second-order valence-corrected chi connectivity index (χ2v) is 7.83. The van der Waals surface area contributed by atoms with Gasteiger partial charge in [0, 0.05) is 23.8 Å². The lowest BCUT2D eigenvalue weighted by Crippen LogP contribution is -2.56. The number of aliphatic carboxylic acids is 1. The highest BCUT2D eigenvalue weighted by Crippen LogP contribution is 2.38. The summed E-state index contributed by atoms with van der Waals surface area (Å²) in [6.45, 7) is 3.57. The lowest BCUT2D eigenvalue weighted by atomic mass is 9.93. The number of benzene rings is 2. The molecule has 0 fully saturated rings. The Kier molecular flexibility index (Phi) is 7.07. The molecular formula is C26H26N4O5. The van der Waals surface area contributed by atoms with Gasteiger partial charge in [-0.2, -0.15) is 5.01 Å². The predicted molar refractivity (Wildman–Crippen MR) is 130 cm³/mol. The smallest absolute Gasteiger partial charge is 0.335 e. The van der Waals surface area contributed by atoms with Crippen LogP contribution in [-0.4, -0.2) is 57.7 Å². The fraction of sp³-hybridized carbons (Fsp3) is 0.231. The Morgan fingerprint density at radius 3 is 2.51 bits per heavy atom. The number of anilines is 1. The summed E-state index contributed by atoms with van der Waals surface area (Å²) in [5, 5.41) is 17.0. The van der Waals surface area contributed by atoms with E-state index in [9.17, 15) is 19.5 Å². The van der Waals surface area contributed by atoms with Gasteiger partial charge in [0.15, 0.2) is 0 Å². The molecule has 2 aromatic carbocycles. The number of hydrogen-bond donors (Lipinski definition) is 2. The van der Waals surface area contributed by atoms with Gasteiger partial charge in [0.05, 0.1) is 23.7 Å². The first-order valence-electron chi connectivity index (χ1n) is 11.3. The first-order chi connectivity index (χ1) is 17.0. The molecule has 3 aromatic rings. The molecule has 180 valence electrons. The summed E-state index contributed by atoms with van der Waals surface area (Å²) in [4.78, 5) is 43.1. The molecule has 2 N–H and O–H groups in total. The average Bonchev–Trinajstić information content (AvgIpc) is 2.86. The largest absolute Gasteiger partial charge is 0.478 e. The highest BCUT2D eigenvalue weighted by atomic mass is 16.5. The van der Waals surface area contributed by atoms with E-state index in [1.165, 1.54) is 10.0 Å². The second-order valence-electron chi connectivity index (χ2n) is 7.83. The minimum atomic E-state index is -1.27. The summed E-state index contributed by atoms with van der Waals surface area (Å²) in [5.74, 6) is -2.37. The van der Waals surface area contributed by atoms with Gasteiger partial charge in [-0.15, -0.1) is 0 Å². The summed E-state index contributed by atoms with van der Waals surface area (Å²) in [6.07, 6.45) is 1.66. The number of rotatable bonds is 8. The van der Waals surface area contributed by atoms with Gasteiger partial charge in [0.25, 0.3) is 5.91 Å². The third-order valence-electron chi connectivity index (χ3n) is 5.75. The molecular weight excluding hydrogens is 448 g/mol. The zero-order valence-electron chi connectivity index (χ0n) is 19.5.